The fourth-order valence-corrected chi connectivity index (χ4v) is 2.29. The van der Waals surface area contributed by atoms with Crippen LogP contribution >= 0.6 is 12.4 Å². The van der Waals surface area contributed by atoms with Crippen molar-refractivity contribution >= 4 is 18.3 Å². The molecule has 0 spiro atoms. The van der Waals surface area contributed by atoms with E-state index in [2.05, 4.69) is 17.6 Å². The third-order valence-corrected chi connectivity index (χ3v) is 3.56. The number of amides is 1. The zero-order valence-electron chi connectivity index (χ0n) is 12.6. The molecule has 1 unspecified atom stereocenters. The number of hydrogen-bond acceptors (Lipinski definition) is 3. The molecule has 0 radical (unpaired) electrons. The van der Waals surface area contributed by atoms with Crippen LogP contribution in [0.3, 0.4) is 0 Å². The molecule has 1 aromatic carbocycles. The molecule has 0 aliphatic carbocycles. The van der Waals surface area contributed by atoms with E-state index in [-0.39, 0.29) is 24.2 Å². The van der Waals surface area contributed by atoms with Gasteiger partial charge in [-0.15, -0.1) is 12.4 Å². The molecular formula is C16H25ClN2O2. The van der Waals surface area contributed by atoms with Crippen LogP contribution in [0.15, 0.2) is 24.3 Å². The summed E-state index contributed by atoms with van der Waals surface area (Å²) in [7, 11) is 0. The monoisotopic (exact) mass is 312 g/mol. The number of hydrogen-bond donors (Lipinski definition) is 2. The van der Waals surface area contributed by atoms with Gasteiger partial charge in [-0.05, 0) is 37.1 Å². The normalized spacial score (nSPS) is 17.1. The van der Waals surface area contributed by atoms with Gasteiger partial charge in [0.2, 0.25) is 5.91 Å². The number of benzene rings is 1. The Balaban J connectivity index is 0.00000220. The average molecular weight is 313 g/mol. The van der Waals surface area contributed by atoms with Crippen molar-refractivity contribution in [2.75, 3.05) is 19.7 Å². The maximum atomic E-state index is 11.9. The first-order valence-corrected chi connectivity index (χ1v) is 7.49. The summed E-state index contributed by atoms with van der Waals surface area (Å²) in [6, 6.07) is 7.95. The Labute approximate surface area is 133 Å². The summed E-state index contributed by atoms with van der Waals surface area (Å²) in [5.74, 6) is 1.15. The summed E-state index contributed by atoms with van der Waals surface area (Å²) in [5, 5.41) is 6.21. The van der Waals surface area contributed by atoms with E-state index < -0.39 is 0 Å². The topological polar surface area (TPSA) is 50.4 Å². The molecule has 1 heterocycles. The molecule has 1 aliphatic heterocycles. The first-order chi connectivity index (χ1) is 9.79. The maximum Gasteiger partial charge on any atom is 0.224 e. The van der Waals surface area contributed by atoms with E-state index in [0.29, 0.717) is 6.54 Å². The van der Waals surface area contributed by atoms with E-state index in [4.69, 9.17) is 4.74 Å². The second kappa shape index (κ2) is 9.64. The van der Waals surface area contributed by atoms with Crippen LogP contribution in [0.1, 0.15) is 31.7 Å². The van der Waals surface area contributed by atoms with Crippen LogP contribution in [0.2, 0.25) is 0 Å². The van der Waals surface area contributed by atoms with Crippen LogP contribution < -0.4 is 15.4 Å². The lowest BCUT2D eigenvalue weighted by Gasteiger charge is -2.11. The summed E-state index contributed by atoms with van der Waals surface area (Å²) in [4.78, 5) is 11.9. The summed E-state index contributed by atoms with van der Waals surface area (Å²) in [5.41, 5.74) is 1.08. The Morgan fingerprint density at radius 3 is 3.05 bits per heavy atom. The smallest absolute Gasteiger partial charge is 0.224 e. The van der Waals surface area contributed by atoms with Crippen molar-refractivity contribution in [3.8, 4) is 5.75 Å². The molecule has 1 aliphatic rings. The molecule has 0 aromatic heterocycles. The summed E-state index contributed by atoms with van der Waals surface area (Å²) < 4.78 is 5.67. The van der Waals surface area contributed by atoms with Crippen molar-refractivity contribution in [2.45, 2.75) is 32.7 Å². The molecule has 21 heavy (non-hydrogen) atoms. The molecule has 1 amide bonds. The van der Waals surface area contributed by atoms with Gasteiger partial charge in [0, 0.05) is 13.1 Å². The van der Waals surface area contributed by atoms with Crippen LogP contribution in [0.4, 0.5) is 0 Å². The molecule has 1 saturated heterocycles. The van der Waals surface area contributed by atoms with Crippen LogP contribution in [-0.2, 0) is 11.3 Å². The first kappa shape index (κ1) is 17.8. The van der Waals surface area contributed by atoms with Gasteiger partial charge in [-0.25, -0.2) is 0 Å². The summed E-state index contributed by atoms with van der Waals surface area (Å²) >= 11 is 0. The lowest BCUT2D eigenvalue weighted by atomic mass is 10.1. The molecule has 4 nitrogen and oxygen atoms in total. The van der Waals surface area contributed by atoms with Crippen LogP contribution in [-0.4, -0.2) is 25.6 Å². The highest BCUT2D eigenvalue weighted by molar-refractivity contribution is 5.85. The van der Waals surface area contributed by atoms with Crippen molar-refractivity contribution in [1.29, 1.82) is 0 Å². The molecule has 2 rings (SSSR count). The Morgan fingerprint density at radius 2 is 2.33 bits per heavy atom. The predicted octanol–water partition coefficient (Wildman–Crippen LogP) is 2.51. The van der Waals surface area contributed by atoms with Crippen molar-refractivity contribution in [3.05, 3.63) is 29.8 Å². The van der Waals surface area contributed by atoms with Gasteiger partial charge in [0.05, 0.1) is 12.5 Å². The number of unbranched alkanes of at least 4 members (excludes halogenated alkanes) is 1. The lowest BCUT2D eigenvalue weighted by Crippen LogP contribution is -2.31. The van der Waals surface area contributed by atoms with Gasteiger partial charge >= 0.3 is 0 Å². The van der Waals surface area contributed by atoms with Crippen LogP contribution in [0.25, 0.3) is 0 Å². The Bertz CT molecular complexity index is 434. The van der Waals surface area contributed by atoms with E-state index in [9.17, 15) is 4.79 Å². The molecule has 0 saturated carbocycles. The summed E-state index contributed by atoms with van der Waals surface area (Å²) in [6.45, 7) is 5.21. The standard InChI is InChI=1S/C16H24N2O2.ClH/c1-2-3-9-20-15-6-4-5-13(10-15)11-18-16(19)14-7-8-17-12-14;/h4-6,10,14,17H,2-3,7-9,11-12H2,1H3,(H,18,19);1H. The molecule has 0 bridgehead atoms. The maximum absolute atomic E-state index is 11.9. The van der Waals surface area contributed by atoms with E-state index in [1.54, 1.807) is 0 Å². The summed E-state index contributed by atoms with van der Waals surface area (Å²) in [6.07, 6.45) is 3.13. The second-order valence-electron chi connectivity index (χ2n) is 5.26. The van der Waals surface area contributed by atoms with E-state index >= 15 is 0 Å². The fourth-order valence-electron chi connectivity index (χ4n) is 2.29. The largest absolute Gasteiger partial charge is 0.494 e. The molecule has 2 N–H and O–H groups in total. The fraction of sp³-hybridized carbons (Fsp3) is 0.562. The van der Waals surface area contributed by atoms with Gasteiger partial charge < -0.3 is 15.4 Å². The number of nitrogens with one attached hydrogen (secondary N) is 2. The Kier molecular flexibility index (Phi) is 8.16. The van der Waals surface area contributed by atoms with Gasteiger partial charge in [0.1, 0.15) is 5.75 Å². The number of ether oxygens (including phenoxy) is 1. The first-order valence-electron chi connectivity index (χ1n) is 7.49. The lowest BCUT2D eigenvalue weighted by molar-refractivity contribution is -0.124. The highest BCUT2D eigenvalue weighted by atomic mass is 35.5. The SMILES string of the molecule is CCCCOc1cccc(CNC(=O)C2CCNC2)c1.Cl. The van der Waals surface area contributed by atoms with Crippen molar-refractivity contribution in [2.24, 2.45) is 5.92 Å². The van der Waals surface area contributed by atoms with Crippen LogP contribution in [0, 0.1) is 5.92 Å². The molecule has 1 atom stereocenters. The van der Waals surface area contributed by atoms with E-state index in [1.165, 1.54) is 0 Å². The van der Waals surface area contributed by atoms with Gasteiger partial charge in [-0.2, -0.15) is 0 Å². The Hall–Kier alpha value is -1.26. The van der Waals surface area contributed by atoms with Gasteiger partial charge in [-0.3, -0.25) is 4.79 Å². The highest BCUT2D eigenvalue weighted by Gasteiger charge is 2.21. The number of carbonyl (C=O) groups is 1. The molecule has 1 fully saturated rings. The minimum Gasteiger partial charge on any atom is -0.494 e. The number of halogens is 1. The highest BCUT2D eigenvalue weighted by Crippen LogP contribution is 2.14. The molecular weight excluding hydrogens is 288 g/mol. The van der Waals surface area contributed by atoms with Crippen LogP contribution in [0.5, 0.6) is 5.75 Å². The van der Waals surface area contributed by atoms with E-state index in [0.717, 1.165) is 50.3 Å². The molecule has 1 aromatic rings. The zero-order valence-corrected chi connectivity index (χ0v) is 13.4. The quantitative estimate of drug-likeness (QED) is 0.761. The zero-order chi connectivity index (χ0) is 14.2. The number of rotatable bonds is 7. The third kappa shape index (κ3) is 5.94. The van der Waals surface area contributed by atoms with Crippen molar-refractivity contribution < 1.29 is 9.53 Å². The average Bonchev–Trinajstić information content (AvgIpc) is 3.00. The molecule has 118 valence electrons. The number of carbonyl (C=O) groups excluding carboxylic acids is 1. The predicted molar refractivity (Wildman–Crippen MR) is 86.9 cm³/mol. The van der Waals surface area contributed by atoms with Crippen molar-refractivity contribution in [3.63, 3.8) is 0 Å². The Morgan fingerprint density at radius 1 is 1.48 bits per heavy atom. The van der Waals surface area contributed by atoms with Gasteiger partial charge in [-0.1, -0.05) is 25.5 Å². The van der Waals surface area contributed by atoms with E-state index in [1.807, 2.05) is 24.3 Å². The van der Waals surface area contributed by atoms with Gasteiger partial charge in [0.15, 0.2) is 0 Å². The second-order valence-corrected chi connectivity index (χ2v) is 5.26. The minimum absolute atomic E-state index is 0. The van der Waals surface area contributed by atoms with Gasteiger partial charge in [0.25, 0.3) is 0 Å². The minimum atomic E-state index is 0. The molecule has 5 heteroatoms. The third-order valence-electron chi connectivity index (χ3n) is 3.56. The van der Waals surface area contributed by atoms with Crippen molar-refractivity contribution in [1.82, 2.24) is 10.6 Å².